The summed E-state index contributed by atoms with van der Waals surface area (Å²) < 4.78 is 6.92. The molecule has 3 nitrogen and oxygen atoms in total. The molecule has 0 radical (unpaired) electrons. The second kappa shape index (κ2) is 6.43. The van der Waals surface area contributed by atoms with Crippen molar-refractivity contribution in [2.75, 3.05) is 20.2 Å². The lowest BCUT2D eigenvalue weighted by Gasteiger charge is -2.09. The van der Waals surface area contributed by atoms with Gasteiger partial charge in [0.1, 0.15) is 17.4 Å². The zero-order valence-electron chi connectivity index (χ0n) is 11.6. The fourth-order valence-electron chi connectivity index (χ4n) is 2.05. The number of halogens is 1. The SMILES string of the molecule is CNCCOc1ccccc1-c1nc2ccc(Cl)cc2s1. The molecular formula is C16H15ClN2OS. The van der Waals surface area contributed by atoms with Gasteiger partial charge in [0.25, 0.3) is 0 Å². The van der Waals surface area contributed by atoms with Crippen molar-refractivity contribution >= 4 is 33.2 Å². The first-order chi connectivity index (χ1) is 10.3. The van der Waals surface area contributed by atoms with E-state index in [0.717, 1.165) is 38.1 Å². The van der Waals surface area contributed by atoms with Crippen LogP contribution in [-0.4, -0.2) is 25.2 Å². The van der Waals surface area contributed by atoms with Crippen molar-refractivity contribution in [3.05, 3.63) is 47.5 Å². The summed E-state index contributed by atoms with van der Waals surface area (Å²) in [6.45, 7) is 1.44. The van der Waals surface area contributed by atoms with Crippen molar-refractivity contribution in [2.45, 2.75) is 0 Å². The highest BCUT2D eigenvalue weighted by molar-refractivity contribution is 7.21. The van der Waals surface area contributed by atoms with Gasteiger partial charge in [-0.1, -0.05) is 23.7 Å². The Kier molecular flexibility index (Phi) is 4.39. The number of hydrogen-bond donors (Lipinski definition) is 1. The van der Waals surface area contributed by atoms with E-state index in [1.54, 1.807) is 11.3 Å². The van der Waals surface area contributed by atoms with E-state index < -0.39 is 0 Å². The first kappa shape index (κ1) is 14.3. The summed E-state index contributed by atoms with van der Waals surface area (Å²) in [4.78, 5) is 4.68. The Balaban J connectivity index is 1.97. The monoisotopic (exact) mass is 318 g/mol. The molecular weight excluding hydrogens is 304 g/mol. The topological polar surface area (TPSA) is 34.1 Å². The highest BCUT2D eigenvalue weighted by Crippen LogP contribution is 2.36. The fourth-order valence-corrected chi connectivity index (χ4v) is 3.32. The molecule has 0 unspecified atom stereocenters. The van der Waals surface area contributed by atoms with Gasteiger partial charge in [0.05, 0.1) is 15.8 Å². The molecule has 0 aliphatic rings. The van der Waals surface area contributed by atoms with Crippen LogP contribution in [-0.2, 0) is 0 Å². The quantitative estimate of drug-likeness (QED) is 0.715. The summed E-state index contributed by atoms with van der Waals surface area (Å²) in [5.41, 5.74) is 1.98. The molecule has 1 heterocycles. The molecule has 0 saturated carbocycles. The van der Waals surface area contributed by atoms with Gasteiger partial charge in [-0.3, -0.25) is 0 Å². The van der Waals surface area contributed by atoms with Crippen LogP contribution in [0.15, 0.2) is 42.5 Å². The highest BCUT2D eigenvalue weighted by Gasteiger charge is 2.11. The molecule has 2 aromatic carbocycles. The number of fused-ring (bicyclic) bond motifs is 1. The lowest BCUT2D eigenvalue weighted by atomic mass is 10.2. The molecule has 0 saturated heterocycles. The van der Waals surface area contributed by atoms with Crippen LogP contribution in [0.25, 0.3) is 20.8 Å². The molecule has 0 fully saturated rings. The normalized spacial score (nSPS) is 11.0. The number of thiazole rings is 1. The second-order valence-corrected chi connectivity index (χ2v) is 6.05. The maximum atomic E-state index is 6.04. The van der Waals surface area contributed by atoms with E-state index in [0.29, 0.717) is 6.61 Å². The van der Waals surface area contributed by atoms with Gasteiger partial charge in [-0.15, -0.1) is 11.3 Å². The van der Waals surface area contributed by atoms with Crippen molar-refractivity contribution in [3.8, 4) is 16.3 Å². The van der Waals surface area contributed by atoms with Crippen LogP contribution in [0.3, 0.4) is 0 Å². The summed E-state index contributed by atoms with van der Waals surface area (Å²) in [7, 11) is 1.91. The largest absolute Gasteiger partial charge is 0.492 e. The summed E-state index contributed by atoms with van der Waals surface area (Å²) in [6, 6.07) is 13.7. The number of aromatic nitrogens is 1. The molecule has 1 N–H and O–H groups in total. The second-order valence-electron chi connectivity index (χ2n) is 4.58. The van der Waals surface area contributed by atoms with Crippen LogP contribution in [0, 0.1) is 0 Å². The minimum atomic E-state index is 0.629. The lowest BCUT2D eigenvalue weighted by Crippen LogP contribution is -2.16. The zero-order chi connectivity index (χ0) is 14.7. The van der Waals surface area contributed by atoms with Gasteiger partial charge in [-0.25, -0.2) is 4.98 Å². The van der Waals surface area contributed by atoms with Crippen LogP contribution in [0.4, 0.5) is 0 Å². The lowest BCUT2D eigenvalue weighted by molar-refractivity contribution is 0.319. The van der Waals surface area contributed by atoms with Gasteiger partial charge in [0.2, 0.25) is 0 Å². The first-order valence-corrected chi connectivity index (χ1v) is 7.90. The number of benzene rings is 2. The molecule has 21 heavy (non-hydrogen) atoms. The molecule has 108 valence electrons. The number of nitrogens with zero attached hydrogens (tertiary/aromatic N) is 1. The van der Waals surface area contributed by atoms with E-state index in [1.165, 1.54) is 0 Å². The van der Waals surface area contributed by atoms with Crippen molar-refractivity contribution < 1.29 is 4.74 Å². The summed E-state index contributed by atoms with van der Waals surface area (Å²) >= 11 is 7.66. The molecule has 0 aliphatic carbocycles. The number of likely N-dealkylation sites (N-methyl/N-ethyl adjacent to an activating group) is 1. The molecule has 0 amide bonds. The predicted octanol–water partition coefficient (Wildman–Crippen LogP) is 4.21. The van der Waals surface area contributed by atoms with Gasteiger partial charge in [0, 0.05) is 11.6 Å². The van der Waals surface area contributed by atoms with E-state index in [4.69, 9.17) is 16.3 Å². The average Bonchev–Trinajstić information content (AvgIpc) is 2.91. The van der Waals surface area contributed by atoms with Crippen molar-refractivity contribution in [1.29, 1.82) is 0 Å². The maximum Gasteiger partial charge on any atom is 0.129 e. The minimum Gasteiger partial charge on any atom is -0.492 e. The highest BCUT2D eigenvalue weighted by atomic mass is 35.5. The predicted molar refractivity (Wildman–Crippen MR) is 89.5 cm³/mol. The molecule has 3 aromatic rings. The molecule has 0 aliphatic heterocycles. The number of ether oxygens (including phenoxy) is 1. The molecule has 0 atom stereocenters. The number of nitrogens with one attached hydrogen (secondary N) is 1. The molecule has 3 rings (SSSR count). The Morgan fingerprint density at radius 1 is 1.24 bits per heavy atom. The van der Waals surface area contributed by atoms with Crippen LogP contribution in [0.5, 0.6) is 5.75 Å². The summed E-state index contributed by atoms with van der Waals surface area (Å²) in [5.74, 6) is 0.859. The van der Waals surface area contributed by atoms with Crippen LogP contribution >= 0.6 is 22.9 Å². The van der Waals surface area contributed by atoms with Crippen LogP contribution in [0.1, 0.15) is 0 Å². The molecule has 0 spiro atoms. The third kappa shape index (κ3) is 3.18. The Morgan fingerprint density at radius 3 is 2.95 bits per heavy atom. The maximum absolute atomic E-state index is 6.04. The van der Waals surface area contributed by atoms with Crippen molar-refractivity contribution in [3.63, 3.8) is 0 Å². The first-order valence-electron chi connectivity index (χ1n) is 6.71. The Hall–Kier alpha value is -1.62. The van der Waals surface area contributed by atoms with Crippen molar-refractivity contribution in [1.82, 2.24) is 10.3 Å². The van der Waals surface area contributed by atoms with Crippen LogP contribution < -0.4 is 10.1 Å². The third-order valence-corrected chi connectivity index (χ3v) is 4.36. The molecule has 1 aromatic heterocycles. The number of hydrogen-bond acceptors (Lipinski definition) is 4. The van der Waals surface area contributed by atoms with Crippen LogP contribution in [0.2, 0.25) is 5.02 Å². The van der Waals surface area contributed by atoms with E-state index in [1.807, 2.05) is 49.5 Å². The van der Waals surface area contributed by atoms with E-state index in [9.17, 15) is 0 Å². The summed E-state index contributed by atoms with van der Waals surface area (Å²) in [6.07, 6.45) is 0. The molecule has 0 bridgehead atoms. The van der Waals surface area contributed by atoms with Gasteiger partial charge in [-0.2, -0.15) is 0 Å². The molecule has 5 heteroatoms. The Bertz CT molecular complexity index is 757. The average molecular weight is 319 g/mol. The number of para-hydroxylation sites is 1. The van der Waals surface area contributed by atoms with Gasteiger partial charge in [-0.05, 0) is 37.4 Å². The minimum absolute atomic E-state index is 0.629. The smallest absolute Gasteiger partial charge is 0.129 e. The van der Waals surface area contributed by atoms with Crippen molar-refractivity contribution in [2.24, 2.45) is 0 Å². The summed E-state index contributed by atoms with van der Waals surface area (Å²) in [5, 5.41) is 4.76. The van der Waals surface area contributed by atoms with Gasteiger partial charge in [0.15, 0.2) is 0 Å². The van der Waals surface area contributed by atoms with E-state index >= 15 is 0 Å². The Labute approximate surface area is 132 Å². The third-order valence-electron chi connectivity index (χ3n) is 3.08. The van der Waals surface area contributed by atoms with Gasteiger partial charge < -0.3 is 10.1 Å². The Morgan fingerprint density at radius 2 is 2.10 bits per heavy atom. The van der Waals surface area contributed by atoms with E-state index in [2.05, 4.69) is 10.3 Å². The van der Waals surface area contributed by atoms with Gasteiger partial charge >= 0.3 is 0 Å². The number of rotatable bonds is 5. The fraction of sp³-hybridized carbons (Fsp3) is 0.188. The standard InChI is InChI=1S/C16H15ClN2OS/c1-18-8-9-20-14-5-3-2-4-12(14)16-19-13-7-6-11(17)10-15(13)21-16/h2-7,10,18H,8-9H2,1H3. The zero-order valence-corrected chi connectivity index (χ0v) is 13.2. The van der Waals surface area contributed by atoms with E-state index in [-0.39, 0.29) is 0 Å².